The molecule has 10 heteroatoms. The van der Waals surface area contributed by atoms with E-state index in [1.807, 2.05) is 41.1 Å². The number of thiocarbonyl (C=S) groups is 1. The highest BCUT2D eigenvalue weighted by atomic mass is 35.5. The van der Waals surface area contributed by atoms with Gasteiger partial charge in [-0.15, -0.1) is 10.2 Å². The molecule has 4 heterocycles. The molecule has 33 heavy (non-hydrogen) atoms. The molecule has 1 aromatic carbocycles. The molecule has 0 saturated carbocycles. The summed E-state index contributed by atoms with van der Waals surface area (Å²) in [5.41, 5.74) is 4.98. The van der Waals surface area contributed by atoms with Crippen LogP contribution in [-0.4, -0.2) is 36.8 Å². The first-order valence-corrected chi connectivity index (χ1v) is 11.2. The van der Waals surface area contributed by atoms with Crippen LogP contribution in [0.3, 0.4) is 0 Å². The number of methoxy groups -OCH3 is 1. The summed E-state index contributed by atoms with van der Waals surface area (Å²) in [6.45, 7) is 4.14. The number of ether oxygens (including phenoxy) is 1. The van der Waals surface area contributed by atoms with Crippen LogP contribution in [-0.2, 0) is 0 Å². The van der Waals surface area contributed by atoms with Gasteiger partial charge in [-0.25, -0.2) is 4.68 Å². The van der Waals surface area contributed by atoms with E-state index in [4.69, 9.17) is 28.6 Å². The lowest BCUT2D eigenvalue weighted by molar-refractivity contribution is 0.415. The molecule has 4 aromatic rings. The molecule has 0 bridgehead atoms. The average molecular weight is 480 g/mol. The Labute approximate surface area is 201 Å². The lowest BCUT2D eigenvalue weighted by atomic mass is 9.96. The summed E-state index contributed by atoms with van der Waals surface area (Å²) in [5, 5.41) is 12.5. The van der Waals surface area contributed by atoms with Crippen molar-refractivity contribution in [2.24, 2.45) is 0 Å². The van der Waals surface area contributed by atoms with Crippen LogP contribution in [0.5, 0.6) is 5.75 Å². The molecule has 1 aliphatic heterocycles. The van der Waals surface area contributed by atoms with Crippen molar-refractivity contribution >= 4 is 34.6 Å². The molecule has 0 spiro atoms. The maximum absolute atomic E-state index is 6.48. The third kappa shape index (κ3) is 3.63. The molecule has 1 aliphatic rings. The second kappa shape index (κ2) is 8.49. The maximum atomic E-state index is 6.48. The fourth-order valence-electron chi connectivity index (χ4n) is 4.48. The number of halogens is 1. The summed E-state index contributed by atoms with van der Waals surface area (Å²) in [6.07, 6.45) is 5.15. The molecule has 1 saturated heterocycles. The molecule has 0 unspecified atom stereocenters. The fraction of sp³-hybridized carbons (Fsp3) is 0.217. The van der Waals surface area contributed by atoms with Gasteiger partial charge in [-0.05, 0) is 62.5 Å². The van der Waals surface area contributed by atoms with Crippen LogP contribution in [0.4, 0.5) is 5.69 Å². The smallest absolute Gasteiger partial charge is 0.174 e. The van der Waals surface area contributed by atoms with Crippen LogP contribution in [0, 0.1) is 13.8 Å². The Balaban J connectivity index is 1.68. The number of hydrogen-bond acceptors (Lipinski definition) is 5. The van der Waals surface area contributed by atoms with Crippen LogP contribution in [0.2, 0.25) is 5.02 Å². The van der Waals surface area contributed by atoms with Crippen molar-refractivity contribution in [3.05, 3.63) is 89.0 Å². The van der Waals surface area contributed by atoms with E-state index < -0.39 is 0 Å². The minimum atomic E-state index is -0.159. The lowest BCUT2D eigenvalue weighted by Crippen LogP contribution is -2.29. The standard InChI is InChI=1S/C23H22ClN7OS/c1-14-10-17(15(2)31(14)29-12-26-27-13-29)22-21(19-6-4-5-9-25-19)28-23(33)30(22)16-7-8-20(32-3)18(24)11-16/h4-13,21-22H,1-3H3,(H,28,33)/t21-,22+/m0/s1. The second-order valence-corrected chi connectivity index (χ2v) is 8.59. The number of rotatable bonds is 5. The van der Waals surface area contributed by atoms with Gasteiger partial charge >= 0.3 is 0 Å². The molecular formula is C23H22ClN7OS. The Morgan fingerprint density at radius 2 is 1.88 bits per heavy atom. The first-order chi connectivity index (χ1) is 16.0. The molecular weight excluding hydrogens is 458 g/mol. The minimum absolute atomic E-state index is 0.158. The first kappa shape index (κ1) is 21.4. The van der Waals surface area contributed by atoms with Crippen LogP contribution in [0.15, 0.2) is 61.3 Å². The lowest BCUT2D eigenvalue weighted by Gasteiger charge is -2.28. The van der Waals surface area contributed by atoms with Crippen molar-refractivity contribution in [3.63, 3.8) is 0 Å². The Bertz CT molecular complexity index is 1310. The van der Waals surface area contributed by atoms with E-state index in [2.05, 4.69) is 50.0 Å². The Morgan fingerprint density at radius 3 is 2.55 bits per heavy atom. The van der Waals surface area contributed by atoms with Gasteiger partial charge < -0.3 is 15.0 Å². The van der Waals surface area contributed by atoms with Crippen LogP contribution in [0.1, 0.15) is 34.7 Å². The highest BCUT2D eigenvalue weighted by Gasteiger charge is 2.42. The van der Waals surface area contributed by atoms with Gasteiger partial charge in [0.25, 0.3) is 0 Å². The van der Waals surface area contributed by atoms with Gasteiger partial charge in [0, 0.05) is 28.8 Å². The largest absolute Gasteiger partial charge is 0.495 e. The van der Waals surface area contributed by atoms with Gasteiger partial charge in [-0.3, -0.25) is 9.66 Å². The van der Waals surface area contributed by atoms with Crippen molar-refractivity contribution in [2.45, 2.75) is 25.9 Å². The van der Waals surface area contributed by atoms with Crippen molar-refractivity contribution in [1.29, 1.82) is 0 Å². The number of anilines is 1. The van der Waals surface area contributed by atoms with E-state index in [0.29, 0.717) is 15.9 Å². The predicted octanol–water partition coefficient (Wildman–Crippen LogP) is 4.24. The highest BCUT2D eigenvalue weighted by molar-refractivity contribution is 7.80. The molecule has 5 rings (SSSR count). The van der Waals surface area contributed by atoms with E-state index in [1.54, 1.807) is 26.0 Å². The molecule has 0 radical (unpaired) electrons. The summed E-state index contributed by atoms with van der Waals surface area (Å²) in [4.78, 5) is 6.72. The molecule has 2 atom stereocenters. The summed E-state index contributed by atoms with van der Waals surface area (Å²) in [6, 6.07) is 13.4. The number of benzene rings is 1. The first-order valence-electron chi connectivity index (χ1n) is 10.4. The normalized spacial score (nSPS) is 17.9. The average Bonchev–Trinajstić information content (AvgIpc) is 3.52. The summed E-state index contributed by atoms with van der Waals surface area (Å²) in [5.74, 6) is 0.613. The van der Waals surface area contributed by atoms with Gasteiger partial charge in [0.15, 0.2) is 5.11 Å². The number of pyridine rings is 1. The van der Waals surface area contributed by atoms with E-state index in [0.717, 1.165) is 28.3 Å². The van der Waals surface area contributed by atoms with Gasteiger partial charge in [0.1, 0.15) is 18.4 Å². The number of nitrogens with one attached hydrogen (secondary N) is 1. The number of aromatic nitrogens is 5. The summed E-state index contributed by atoms with van der Waals surface area (Å²) in [7, 11) is 1.60. The van der Waals surface area contributed by atoms with E-state index >= 15 is 0 Å². The maximum Gasteiger partial charge on any atom is 0.174 e. The summed E-state index contributed by atoms with van der Waals surface area (Å²) < 4.78 is 9.28. The summed E-state index contributed by atoms with van der Waals surface area (Å²) >= 11 is 12.3. The van der Waals surface area contributed by atoms with Crippen LogP contribution >= 0.6 is 23.8 Å². The molecule has 1 fully saturated rings. The van der Waals surface area contributed by atoms with Crippen LogP contribution in [0.25, 0.3) is 0 Å². The van der Waals surface area contributed by atoms with Gasteiger partial charge in [0.2, 0.25) is 0 Å². The zero-order chi connectivity index (χ0) is 23.1. The Hall–Kier alpha value is -3.43. The predicted molar refractivity (Wildman–Crippen MR) is 131 cm³/mol. The monoisotopic (exact) mass is 479 g/mol. The SMILES string of the molecule is COc1ccc(N2C(=S)N[C@@H](c3ccccn3)[C@H]2c2cc(C)n(-n3cnnc3)c2C)cc1Cl. The molecule has 3 aromatic heterocycles. The van der Waals surface area contributed by atoms with Crippen molar-refractivity contribution in [1.82, 2.24) is 29.9 Å². The number of aryl methyl sites for hydroxylation is 1. The van der Waals surface area contributed by atoms with Crippen LogP contribution < -0.4 is 15.0 Å². The third-order valence-electron chi connectivity index (χ3n) is 5.90. The topological polar surface area (TPSA) is 73.0 Å². The van der Waals surface area contributed by atoms with E-state index in [-0.39, 0.29) is 12.1 Å². The highest BCUT2D eigenvalue weighted by Crippen LogP contribution is 2.44. The van der Waals surface area contributed by atoms with Crippen molar-refractivity contribution in [3.8, 4) is 5.75 Å². The van der Waals surface area contributed by atoms with Gasteiger partial charge in [-0.1, -0.05) is 17.7 Å². The molecule has 0 aliphatic carbocycles. The molecule has 1 N–H and O–H groups in total. The Kier molecular flexibility index (Phi) is 5.51. The van der Waals surface area contributed by atoms with Gasteiger partial charge in [0.05, 0.1) is 29.9 Å². The molecule has 0 amide bonds. The van der Waals surface area contributed by atoms with Crippen molar-refractivity contribution in [2.75, 3.05) is 12.0 Å². The Morgan fingerprint density at radius 1 is 1.09 bits per heavy atom. The quantitative estimate of drug-likeness (QED) is 0.429. The zero-order valence-corrected chi connectivity index (χ0v) is 19.9. The number of nitrogens with zero attached hydrogens (tertiary/aromatic N) is 6. The fourth-order valence-corrected chi connectivity index (χ4v) is 5.08. The zero-order valence-electron chi connectivity index (χ0n) is 18.3. The minimum Gasteiger partial charge on any atom is -0.495 e. The molecule has 8 nitrogen and oxygen atoms in total. The third-order valence-corrected chi connectivity index (χ3v) is 6.51. The van der Waals surface area contributed by atoms with E-state index in [1.165, 1.54) is 0 Å². The number of hydrogen-bond donors (Lipinski definition) is 1. The van der Waals surface area contributed by atoms with Crippen molar-refractivity contribution < 1.29 is 4.74 Å². The second-order valence-electron chi connectivity index (χ2n) is 7.80. The van der Waals surface area contributed by atoms with E-state index in [9.17, 15) is 0 Å². The van der Waals surface area contributed by atoms with Gasteiger partial charge in [-0.2, -0.15) is 0 Å². The molecule has 168 valence electrons.